The summed E-state index contributed by atoms with van der Waals surface area (Å²) < 4.78 is 26.0. The fraction of sp³-hybridized carbons (Fsp3) is 0.444. The number of halogens is 1. The minimum absolute atomic E-state index is 0.112. The lowest BCUT2D eigenvalue weighted by Gasteiger charge is -2.42. The smallest absolute Gasteiger partial charge is 0.257 e. The number of carbonyl (C=O) groups is 3. The highest BCUT2D eigenvalue weighted by molar-refractivity contribution is 6.00. The largest absolute Gasteiger partial charge is 0.490 e. The summed E-state index contributed by atoms with van der Waals surface area (Å²) in [5.41, 5.74) is 1.35. The van der Waals surface area contributed by atoms with Gasteiger partial charge in [0.1, 0.15) is 24.3 Å². The molecule has 2 heterocycles. The van der Waals surface area contributed by atoms with Crippen LogP contribution in [0.15, 0.2) is 42.5 Å². The first-order valence-corrected chi connectivity index (χ1v) is 12.2. The molecule has 1 fully saturated rings. The molecule has 36 heavy (non-hydrogen) atoms. The molecule has 192 valence electrons. The Hall–Kier alpha value is -3.46. The van der Waals surface area contributed by atoms with E-state index in [1.165, 1.54) is 6.07 Å². The van der Waals surface area contributed by atoms with Gasteiger partial charge in [-0.2, -0.15) is 0 Å². The molecule has 0 spiro atoms. The Morgan fingerprint density at radius 3 is 2.69 bits per heavy atom. The summed E-state index contributed by atoms with van der Waals surface area (Å²) in [6.45, 7) is 3.93. The standard InChI is InChI=1S/C27H32FN3O5/c1-16(2)26(33)30-18-8-11-23-20(12-18)27(34)31(3)22-10-9-19(36-24(22)15-35-23)13-25(32)29-14-17-6-4-5-7-21(17)28/h4-8,11-12,16,19,22,24H,9-10,13-15H2,1-3H3,(H,29,32)(H,30,33)/t19-,22-,24-/m0/s1. The number of carbonyl (C=O) groups excluding carboxylic acids is 3. The summed E-state index contributed by atoms with van der Waals surface area (Å²) in [6.07, 6.45) is 0.673. The van der Waals surface area contributed by atoms with E-state index in [-0.39, 0.29) is 61.2 Å². The lowest BCUT2D eigenvalue weighted by Crippen LogP contribution is -2.53. The van der Waals surface area contributed by atoms with E-state index in [9.17, 15) is 18.8 Å². The highest BCUT2D eigenvalue weighted by atomic mass is 19.1. The fourth-order valence-electron chi connectivity index (χ4n) is 4.51. The zero-order valence-corrected chi connectivity index (χ0v) is 20.8. The summed E-state index contributed by atoms with van der Waals surface area (Å²) in [5, 5.41) is 5.57. The van der Waals surface area contributed by atoms with Crippen LogP contribution in [0.25, 0.3) is 0 Å². The second kappa shape index (κ2) is 11.1. The summed E-state index contributed by atoms with van der Waals surface area (Å²) in [5.74, 6) is -0.697. The lowest BCUT2D eigenvalue weighted by molar-refractivity contribution is -0.134. The molecule has 2 aromatic rings. The number of nitrogens with zero attached hydrogens (tertiary/aromatic N) is 1. The maximum atomic E-state index is 13.8. The van der Waals surface area contributed by atoms with Gasteiger partial charge < -0.3 is 25.0 Å². The van der Waals surface area contributed by atoms with Crippen molar-refractivity contribution in [3.8, 4) is 5.75 Å². The van der Waals surface area contributed by atoms with E-state index in [0.717, 1.165) is 0 Å². The predicted molar refractivity (Wildman–Crippen MR) is 132 cm³/mol. The molecule has 2 aromatic carbocycles. The monoisotopic (exact) mass is 497 g/mol. The van der Waals surface area contributed by atoms with E-state index >= 15 is 0 Å². The molecule has 0 aromatic heterocycles. The van der Waals surface area contributed by atoms with Crippen LogP contribution < -0.4 is 15.4 Å². The average molecular weight is 498 g/mol. The Bertz CT molecular complexity index is 1140. The number of ether oxygens (including phenoxy) is 2. The molecule has 8 nitrogen and oxygen atoms in total. The van der Waals surface area contributed by atoms with Crippen LogP contribution in [-0.4, -0.2) is 54.5 Å². The Balaban J connectivity index is 1.39. The number of nitrogens with one attached hydrogen (secondary N) is 2. The third-order valence-corrected chi connectivity index (χ3v) is 6.65. The molecule has 9 heteroatoms. The third kappa shape index (κ3) is 5.84. The van der Waals surface area contributed by atoms with Gasteiger partial charge in [0.05, 0.1) is 24.1 Å². The van der Waals surface area contributed by atoms with E-state index in [2.05, 4.69) is 10.6 Å². The number of hydrogen-bond donors (Lipinski definition) is 2. The Morgan fingerprint density at radius 2 is 1.94 bits per heavy atom. The first-order valence-electron chi connectivity index (χ1n) is 12.2. The Labute approximate surface area is 210 Å². The van der Waals surface area contributed by atoms with Crippen molar-refractivity contribution >= 4 is 23.4 Å². The van der Waals surface area contributed by atoms with Crippen LogP contribution in [-0.2, 0) is 20.9 Å². The van der Waals surface area contributed by atoms with Gasteiger partial charge in [0.2, 0.25) is 11.8 Å². The molecule has 3 atom stereocenters. The van der Waals surface area contributed by atoms with Crippen molar-refractivity contribution in [2.45, 2.75) is 57.9 Å². The summed E-state index contributed by atoms with van der Waals surface area (Å²) in [6, 6.07) is 11.1. The topological polar surface area (TPSA) is 97.0 Å². The highest BCUT2D eigenvalue weighted by Gasteiger charge is 2.39. The molecule has 2 aliphatic heterocycles. The molecule has 0 bridgehead atoms. The van der Waals surface area contributed by atoms with Gasteiger partial charge in [-0.05, 0) is 37.1 Å². The number of fused-ring (bicyclic) bond motifs is 2. The SMILES string of the molecule is CC(C)C(=O)Nc1ccc2c(c1)C(=O)N(C)[C@H]1CC[C@@H](CC(=O)NCc3ccccc3F)O[C@H]1CO2. The van der Waals surface area contributed by atoms with Crippen LogP contribution in [0, 0.1) is 11.7 Å². The van der Waals surface area contributed by atoms with Gasteiger partial charge in [-0.3, -0.25) is 14.4 Å². The quantitative estimate of drug-likeness (QED) is 0.637. The van der Waals surface area contributed by atoms with Crippen LogP contribution in [0.5, 0.6) is 5.75 Å². The summed E-state index contributed by atoms with van der Waals surface area (Å²) >= 11 is 0. The summed E-state index contributed by atoms with van der Waals surface area (Å²) in [4.78, 5) is 39.5. The third-order valence-electron chi connectivity index (χ3n) is 6.65. The number of benzene rings is 2. The van der Waals surface area contributed by atoms with Crippen LogP contribution >= 0.6 is 0 Å². The van der Waals surface area contributed by atoms with Gasteiger partial charge >= 0.3 is 0 Å². The van der Waals surface area contributed by atoms with Crippen molar-refractivity contribution in [2.75, 3.05) is 19.0 Å². The number of hydrogen-bond acceptors (Lipinski definition) is 5. The molecule has 0 unspecified atom stereocenters. The van der Waals surface area contributed by atoms with Crippen LogP contribution in [0.1, 0.15) is 49.0 Å². The van der Waals surface area contributed by atoms with E-state index < -0.39 is 6.10 Å². The second-order valence-corrected chi connectivity index (χ2v) is 9.60. The molecular formula is C27H32FN3O5. The van der Waals surface area contributed by atoms with Crippen molar-refractivity contribution in [1.82, 2.24) is 10.2 Å². The number of likely N-dealkylation sites (N-methyl/N-ethyl adjacent to an activating group) is 1. The van der Waals surface area contributed by atoms with Crippen molar-refractivity contribution in [3.63, 3.8) is 0 Å². The molecule has 0 radical (unpaired) electrons. The maximum Gasteiger partial charge on any atom is 0.257 e. The molecular weight excluding hydrogens is 465 g/mol. The first kappa shape index (κ1) is 25.6. The molecule has 0 saturated carbocycles. The minimum Gasteiger partial charge on any atom is -0.490 e. The number of rotatable bonds is 6. The van der Waals surface area contributed by atoms with Crippen molar-refractivity contribution < 1.29 is 28.2 Å². The van der Waals surface area contributed by atoms with E-state index in [1.54, 1.807) is 62.2 Å². The van der Waals surface area contributed by atoms with E-state index in [0.29, 0.717) is 35.4 Å². The summed E-state index contributed by atoms with van der Waals surface area (Å²) in [7, 11) is 1.74. The van der Waals surface area contributed by atoms with E-state index in [1.807, 2.05) is 0 Å². The highest BCUT2D eigenvalue weighted by Crippen LogP contribution is 2.32. The maximum absolute atomic E-state index is 13.8. The van der Waals surface area contributed by atoms with Crippen molar-refractivity contribution in [1.29, 1.82) is 0 Å². The van der Waals surface area contributed by atoms with Gasteiger partial charge in [-0.25, -0.2) is 4.39 Å². The van der Waals surface area contributed by atoms with Gasteiger partial charge in [-0.15, -0.1) is 0 Å². The minimum atomic E-state index is -0.398. The second-order valence-electron chi connectivity index (χ2n) is 9.60. The Kier molecular flexibility index (Phi) is 7.88. The lowest BCUT2D eigenvalue weighted by atomic mass is 9.94. The van der Waals surface area contributed by atoms with E-state index in [4.69, 9.17) is 9.47 Å². The van der Waals surface area contributed by atoms with Crippen molar-refractivity contribution in [2.24, 2.45) is 5.92 Å². The van der Waals surface area contributed by atoms with Crippen LogP contribution in [0.3, 0.4) is 0 Å². The van der Waals surface area contributed by atoms with Gasteiger partial charge in [0, 0.05) is 30.8 Å². The molecule has 2 aliphatic rings. The predicted octanol–water partition coefficient (Wildman–Crippen LogP) is 3.51. The zero-order chi connectivity index (χ0) is 25.8. The molecule has 1 saturated heterocycles. The fourth-order valence-corrected chi connectivity index (χ4v) is 4.51. The first-order chi connectivity index (χ1) is 17.2. The number of anilines is 1. The zero-order valence-electron chi connectivity index (χ0n) is 20.8. The average Bonchev–Trinajstić information content (AvgIpc) is 2.86. The van der Waals surface area contributed by atoms with Gasteiger partial charge in [0.25, 0.3) is 5.91 Å². The van der Waals surface area contributed by atoms with Gasteiger partial charge in [-0.1, -0.05) is 32.0 Å². The molecule has 4 rings (SSSR count). The normalized spacial score (nSPS) is 21.5. The van der Waals surface area contributed by atoms with Gasteiger partial charge in [0.15, 0.2) is 0 Å². The molecule has 2 N–H and O–H groups in total. The Morgan fingerprint density at radius 1 is 1.17 bits per heavy atom. The molecule has 3 amide bonds. The molecule has 0 aliphatic carbocycles. The van der Waals surface area contributed by atoms with Crippen LogP contribution in [0.2, 0.25) is 0 Å². The number of amides is 3. The van der Waals surface area contributed by atoms with Crippen molar-refractivity contribution in [3.05, 3.63) is 59.4 Å². The van der Waals surface area contributed by atoms with Crippen LogP contribution in [0.4, 0.5) is 10.1 Å².